The van der Waals surface area contributed by atoms with E-state index < -0.39 is 0 Å². The molecule has 4 aromatic heterocycles. The molecule has 2 aromatic carbocycles. The molecule has 0 N–H and O–H groups in total. The van der Waals surface area contributed by atoms with Crippen LogP contribution in [0.1, 0.15) is 60.5 Å². The number of allylic oxidation sites excluding steroid dienone is 17. The molecule has 0 spiro atoms. The fraction of sp³-hybridized carbons (Fsp3) is 0.184. The van der Waals surface area contributed by atoms with E-state index in [2.05, 4.69) is 169 Å². The summed E-state index contributed by atoms with van der Waals surface area (Å²) in [6, 6.07) is 17.9. The van der Waals surface area contributed by atoms with Crippen molar-refractivity contribution in [2.75, 3.05) is 0 Å². The van der Waals surface area contributed by atoms with Crippen molar-refractivity contribution in [2.24, 2.45) is 5.92 Å². The van der Waals surface area contributed by atoms with Gasteiger partial charge in [0.05, 0.1) is 11.4 Å². The first-order chi connectivity index (χ1) is 26.3. The van der Waals surface area contributed by atoms with Gasteiger partial charge in [-0.25, -0.2) is 9.97 Å². The monoisotopic (exact) mass is 724 g/mol. The van der Waals surface area contributed by atoms with E-state index in [0.717, 1.165) is 57.9 Å². The zero-order valence-corrected chi connectivity index (χ0v) is 31.9. The first-order valence-electron chi connectivity index (χ1n) is 18.9. The number of rotatable bonds is 9. The van der Waals surface area contributed by atoms with E-state index in [0.29, 0.717) is 0 Å². The van der Waals surface area contributed by atoms with Crippen LogP contribution in [0.15, 0.2) is 181 Å². The molecule has 0 radical (unpaired) electrons. The Morgan fingerprint density at radius 2 is 1.48 bits per heavy atom. The van der Waals surface area contributed by atoms with Crippen molar-refractivity contribution in [3.8, 4) is 0 Å². The van der Waals surface area contributed by atoms with E-state index in [1.54, 1.807) is 0 Å². The maximum Gasteiger partial charge on any atom is 0.144 e. The number of pyridine rings is 2. The van der Waals surface area contributed by atoms with E-state index in [-0.39, 0.29) is 17.8 Å². The van der Waals surface area contributed by atoms with Crippen LogP contribution >= 0.6 is 11.6 Å². The summed E-state index contributed by atoms with van der Waals surface area (Å²) in [5, 5.41) is 5.50. The Kier molecular flexibility index (Phi) is 10.0. The predicted octanol–water partition coefficient (Wildman–Crippen LogP) is 12.9. The van der Waals surface area contributed by atoms with Crippen molar-refractivity contribution in [1.29, 1.82) is 0 Å². The minimum atomic E-state index is 0.157. The highest BCUT2D eigenvalue weighted by Gasteiger charge is 2.15. The van der Waals surface area contributed by atoms with Gasteiger partial charge in [-0.3, -0.25) is 0 Å². The molecule has 2 aliphatic carbocycles. The summed E-state index contributed by atoms with van der Waals surface area (Å²) in [7, 11) is 0. The van der Waals surface area contributed by atoms with Crippen LogP contribution in [0, 0.1) is 19.8 Å². The molecule has 0 bridgehead atoms. The van der Waals surface area contributed by atoms with E-state index >= 15 is 0 Å². The third kappa shape index (κ3) is 7.67. The molecular weight excluding hydrogens is 680 g/mol. The highest BCUT2D eigenvalue weighted by Crippen LogP contribution is 2.33. The second-order valence-electron chi connectivity index (χ2n) is 14.8. The molecule has 0 fully saturated rings. The van der Waals surface area contributed by atoms with Crippen LogP contribution in [0.2, 0.25) is 0 Å². The second kappa shape index (κ2) is 15.3. The molecular formula is C49H45ClN4. The number of hydrogen-bond acceptors (Lipinski definition) is 2. The van der Waals surface area contributed by atoms with Crippen LogP contribution < -0.4 is 0 Å². The van der Waals surface area contributed by atoms with E-state index in [1.165, 1.54) is 38.4 Å². The zero-order chi connectivity index (χ0) is 37.2. The van der Waals surface area contributed by atoms with Crippen molar-refractivity contribution >= 4 is 44.4 Å². The van der Waals surface area contributed by atoms with Crippen LogP contribution in [0.5, 0.6) is 0 Å². The maximum absolute atomic E-state index is 6.95. The number of benzene rings is 2. The van der Waals surface area contributed by atoms with Gasteiger partial charge in [0.25, 0.3) is 0 Å². The Morgan fingerprint density at radius 1 is 0.833 bits per heavy atom. The topological polar surface area (TPSA) is 34.6 Å². The first kappa shape index (κ1) is 35.3. The number of aromatic nitrogens is 4. The van der Waals surface area contributed by atoms with Gasteiger partial charge in [0.15, 0.2) is 0 Å². The number of hydrogen-bond donors (Lipinski definition) is 0. The number of fused-ring (bicyclic) bond motifs is 6. The largest absolute Gasteiger partial charge is 0.306 e. The van der Waals surface area contributed by atoms with Crippen molar-refractivity contribution in [2.45, 2.75) is 51.9 Å². The highest BCUT2D eigenvalue weighted by atomic mass is 35.5. The Labute approximate surface area is 322 Å². The van der Waals surface area contributed by atoms with Gasteiger partial charge in [-0.05, 0) is 90.3 Å². The molecule has 4 heterocycles. The molecule has 4 nitrogen and oxygen atoms in total. The van der Waals surface area contributed by atoms with E-state index in [4.69, 9.17) is 21.6 Å². The molecule has 0 saturated heterocycles. The van der Waals surface area contributed by atoms with Gasteiger partial charge in [0.1, 0.15) is 11.3 Å². The Balaban J connectivity index is 0.973. The number of halogens is 1. The van der Waals surface area contributed by atoms with Crippen LogP contribution in [0.3, 0.4) is 0 Å². The quantitative estimate of drug-likeness (QED) is 0.139. The lowest BCUT2D eigenvalue weighted by Crippen LogP contribution is -2.00. The Bertz CT molecular complexity index is 2670. The van der Waals surface area contributed by atoms with Crippen LogP contribution in [0.4, 0.5) is 0 Å². The van der Waals surface area contributed by atoms with Crippen LogP contribution in [-0.4, -0.2) is 18.8 Å². The molecule has 8 rings (SSSR count). The predicted molar refractivity (Wildman–Crippen MR) is 228 cm³/mol. The van der Waals surface area contributed by atoms with Crippen LogP contribution in [-0.2, 0) is 0 Å². The summed E-state index contributed by atoms with van der Waals surface area (Å²) in [4.78, 5) is 9.51. The summed E-state index contributed by atoms with van der Waals surface area (Å²) in [5.41, 5.74) is 10.3. The molecule has 2 aliphatic rings. The average molecular weight is 725 g/mol. The molecule has 0 amide bonds. The fourth-order valence-electron chi connectivity index (χ4n) is 7.87. The fourth-order valence-corrected chi connectivity index (χ4v) is 8.23. The van der Waals surface area contributed by atoms with Crippen molar-refractivity contribution in [3.05, 3.63) is 203 Å². The number of imidazole rings is 2. The zero-order valence-electron chi connectivity index (χ0n) is 31.2. The van der Waals surface area contributed by atoms with Gasteiger partial charge in [-0.15, -0.1) is 0 Å². The van der Waals surface area contributed by atoms with Gasteiger partial charge in [-0.2, -0.15) is 0 Å². The minimum absolute atomic E-state index is 0.157. The van der Waals surface area contributed by atoms with Gasteiger partial charge in [-0.1, -0.05) is 140 Å². The van der Waals surface area contributed by atoms with Crippen molar-refractivity contribution < 1.29 is 0 Å². The van der Waals surface area contributed by atoms with E-state index in [1.807, 2.05) is 19.9 Å². The van der Waals surface area contributed by atoms with Gasteiger partial charge < -0.3 is 8.80 Å². The smallest absolute Gasteiger partial charge is 0.144 e. The summed E-state index contributed by atoms with van der Waals surface area (Å²) in [5.74, 6) is 0.691. The van der Waals surface area contributed by atoms with Gasteiger partial charge in [0.2, 0.25) is 0 Å². The second-order valence-corrected chi connectivity index (χ2v) is 15.2. The summed E-state index contributed by atoms with van der Waals surface area (Å²) in [6.45, 7) is 10.5. The minimum Gasteiger partial charge on any atom is -0.306 e. The SMILES string of the molecule is C=C/C(=C\C(Cl)=C/C(C)CC1=CC(c2ccc3c(ccn4cc(C)nc34)c2)C/C=C/C=C1)CC1=CC(c2ccc3c(ccn4cc(C)nc34)c2)C=CC=C1. The lowest BCUT2D eigenvalue weighted by atomic mass is 9.88. The Morgan fingerprint density at radius 3 is 2.19 bits per heavy atom. The first-order valence-corrected chi connectivity index (χ1v) is 19.2. The van der Waals surface area contributed by atoms with Crippen LogP contribution in [0.25, 0.3) is 32.8 Å². The average Bonchev–Trinajstić information content (AvgIpc) is 3.65. The summed E-state index contributed by atoms with van der Waals surface area (Å²) in [6.07, 6.45) is 39.4. The molecule has 54 heavy (non-hydrogen) atoms. The normalized spacial score (nSPS) is 19.2. The lowest BCUT2D eigenvalue weighted by Gasteiger charge is -2.17. The summed E-state index contributed by atoms with van der Waals surface area (Å²) >= 11 is 6.95. The highest BCUT2D eigenvalue weighted by molar-refractivity contribution is 6.31. The third-order valence-electron chi connectivity index (χ3n) is 10.5. The lowest BCUT2D eigenvalue weighted by molar-refractivity contribution is 0.716. The summed E-state index contributed by atoms with van der Waals surface area (Å²) < 4.78 is 4.21. The van der Waals surface area contributed by atoms with Gasteiger partial charge in [0, 0.05) is 52.4 Å². The standard InChI is InChI=1S/C49H45ClN4/c1-5-36(25-38-12-9-10-14-40(27-38)42-16-18-47-44(30-42)20-22-54-32-35(4)52-49(47)54)28-45(50)24-33(2)23-37-11-7-6-8-13-39(26-37)41-15-17-46-43(29-41)19-21-53-31-34(3)51-48(46)53/h5-12,14-22,24,26-33,39-40H,1,13,23,25H2,2-4H3/b8-6+,11-7?,36-28+,37-26?,45-24+. The molecule has 268 valence electrons. The maximum atomic E-state index is 6.95. The Hall–Kier alpha value is -5.71. The molecule has 0 saturated carbocycles. The number of nitrogens with zero attached hydrogens (tertiary/aromatic N) is 4. The van der Waals surface area contributed by atoms with Crippen molar-refractivity contribution in [3.63, 3.8) is 0 Å². The van der Waals surface area contributed by atoms with E-state index in [9.17, 15) is 0 Å². The third-order valence-corrected chi connectivity index (χ3v) is 10.7. The molecule has 0 aliphatic heterocycles. The molecule has 3 unspecified atom stereocenters. The molecule has 5 heteroatoms. The van der Waals surface area contributed by atoms with Gasteiger partial charge >= 0.3 is 0 Å². The molecule has 6 aromatic rings. The molecule has 3 atom stereocenters. The number of aryl methyl sites for hydroxylation is 2. The van der Waals surface area contributed by atoms with Crippen molar-refractivity contribution in [1.82, 2.24) is 18.8 Å².